The molecule has 1 heterocycles. The third kappa shape index (κ3) is 5.67. The van der Waals surface area contributed by atoms with Crippen LogP contribution in [0.2, 0.25) is 0 Å². The van der Waals surface area contributed by atoms with Crippen LogP contribution < -0.4 is 5.32 Å². The van der Waals surface area contributed by atoms with Gasteiger partial charge in [-0.2, -0.15) is 0 Å². The summed E-state index contributed by atoms with van der Waals surface area (Å²) in [5.74, 6) is -0.793. The van der Waals surface area contributed by atoms with E-state index in [-0.39, 0.29) is 5.91 Å². The van der Waals surface area contributed by atoms with Crippen molar-refractivity contribution in [1.82, 2.24) is 0 Å². The van der Waals surface area contributed by atoms with Crippen molar-refractivity contribution < 1.29 is 19.4 Å². The Morgan fingerprint density at radius 1 is 1.35 bits per heavy atom. The molecule has 2 rings (SSSR count). The van der Waals surface area contributed by atoms with Crippen LogP contribution in [0.15, 0.2) is 24.3 Å². The molecule has 0 aromatic heterocycles. The largest absolute Gasteiger partial charge is 0.481 e. The lowest BCUT2D eigenvalue weighted by Gasteiger charge is -2.21. The molecule has 0 saturated carbocycles. The maximum atomic E-state index is 12.0. The molecule has 0 aliphatic carbocycles. The zero-order valence-electron chi connectivity index (χ0n) is 13.6. The minimum absolute atomic E-state index is 0.0165. The molecule has 1 aliphatic heterocycles. The predicted molar refractivity (Wildman–Crippen MR) is 88.5 cm³/mol. The number of ether oxygens (including phenoxy) is 1. The van der Waals surface area contributed by atoms with Crippen LogP contribution in [-0.2, 0) is 14.3 Å². The van der Waals surface area contributed by atoms with Gasteiger partial charge >= 0.3 is 5.97 Å². The summed E-state index contributed by atoms with van der Waals surface area (Å²) < 4.78 is 5.33. The first-order valence-corrected chi connectivity index (χ1v) is 8.26. The van der Waals surface area contributed by atoms with Gasteiger partial charge < -0.3 is 15.2 Å². The van der Waals surface area contributed by atoms with Gasteiger partial charge in [-0.15, -0.1) is 0 Å². The molecule has 1 saturated heterocycles. The zero-order chi connectivity index (χ0) is 16.7. The minimum Gasteiger partial charge on any atom is -0.481 e. The number of carboxylic acid groups (broad SMARTS) is 1. The van der Waals surface area contributed by atoms with E-state index in [4.69, 9.17) is 9.84 Å². The van der Waals surface area contributed by atoms with E-state index in [1.54, 1.807) is 31.2 Å². The number of anilines is 1. The lowest BCUT2D eigenvalue weighted by molar-refractivity contribution is -0.138. The number of hydrogen-bond acceptors (Lipinski definition) is 3. The summed E-state index contributed by atoms with van der Waals surface area (Å²) in [5, 5.41) is 11.9. The molecule has 0 spiro atoms. The number of benzene rings is 1. The fourth-order valence-electron chi connectivity index (χ4n) is 2.84. The number of rotatable bonds is 7. The van der Waals surface area contributed by atoms with E-state index in [0.717, 1.165) is 38.9 Å². The van der Waals surface area contributed by atoms with Crippen molar-refractivity contribution in [2.45, 2.75) is 44.9 Å². The number of hydrogen-bond donors (Lipinski definition) is 2. The highest BCUT2D eigenvalue weighted by Crippen LogP contribution is 2.22. The maximum Gasteiger partial charge on any atom is 0.310 e. The van der Waals surface area contributed by atoms with Crippen LogP contribution in [0.5, 0.6) is 0 Å². The Labute approximate surface area is 137 Å². The van der Waals surface area contributed by atoms with Crippen molar-refractivity contribution in [2.24, 2.45) is 5.92 Å². The first kappa shape index (κ1) is 17.5. The summed E-state index contributed by atoms with van der Waals surface area (Å²) in [6.07, 6.45) is 4.62. The smallest absolute Gasteiger partial charge is 0.310 e. The maximum absolute atomic E-state index is 12.0. The Bertz CT molecular complexity index is 538. The average Bonchev–Trinajstić information content (AvgIpc) is 2.55. The van der Waals surface area contributed by atoms with E-state index in [1.165, 1.54) is 0 Å². The Kier molecular flexibility index (Phi) is 6.59. The zero-order valence-corrected chi connectivity index (χ0v) is 13.6. The topological polar surface area (TPSA) is 75.6 Å². The Morgan fingerprint density at radius 2 is 2.09 bits per heavy atom. The fourth-order valence-corrected chi connectivity index (χ4v) is 2.84. The van der Waals surface area contributed by atoms with Gasteiger partial charge in [0.2, 0.25) is 5.91 Å². The molecule has 1 unspecified atom stereocenters. The quantitative estimate of drug-likeness (QED) is 0.807. The Hall–Kier alpha value is -1.88. The number of aliphatic carboxylic acids is 1. The standard InChI is InChI=1S/C18H25NO4/c1-13(18(21)22)15-5-3-6-16(12-15)19-17(20)7-2-4-14-8-10-23-11-9-14/h3,5-6,12-14H,2,4,7-11H2,1H3,(H,19,20)(H,21,22). The first-order chi connectivity index (χ1) is 11.1. The van der Waals surface area contributed by atoms with E-state index in [2.05, 4.69) is 5.32 Å². The Balaban J connectivity index is 1.78. The Morgan fingerprint density at radius 3 is 2.78 bits per heavy atom. The average molecular weight is 319 g/mol. The monoisotopic (exact) mass is 319 g/mol. The molecule has 5 heteroatoms. The highest BCUT2D eigenvalue weighted by molar-refractivity contribution is 5.91. The third-order valence-electron chi connectivity index (χ3n) is 4.40. The molecule has 1 aliphatic rings. The van der Waals surface area contributed by atoms with Crippen molar-refractivity contribution in [3.8, 4) is 0 Å². The fraction of sp³-hybridized carbons (Fsp3) is 0.556. The summed E-state index contributed by atoms with van der Waals surface area (Å²) in [4.78, 5) is 23.0. The second-order valence-electron chi connectivity index (χ2n) is 6.18. The molecule has 23 heavy (non-hydrogen) atoms. The van der Waals surface area contributed by atoms with Crippen molar-refractivity contribution in [3.63, 3.8) is 0 Å². The highest BCUT2D eigenvalue weighted by Gasteiger charge is 2.15. The molecule has 1 aromatic rings. The lowest BCUT2D eigenvalue weighted by Crippen LogP contribution is -2.17. The molecule has 0 bridgehead atoms. The van der Waals surface area contributed by atoms with Gasteiger partial charge in [-0.25, -0.2) is 0 Å². The number of carboxylic acids is 1. The van der Waals surface area contributed by atoms with Crippen LogP contribution in [0.25, 0.3) is 0 Å². The van der Waals surface area contributed by atoms with E-state index in [1.807, 2.05) is 0 Å². The number of carbonyl (C=O) groups is 2. The lowest BCUT2D eigenvalue weighted by atomic mass is 9.94. The van der Waals surface area contributed by atoms with Crippen molar-refractivity contribution in [1.29, 1.82) is 0 Å². The predicted octanol–water partition coefficient (Wildman–Crippen LogP) is 3.41. The van der Waals surface area contributed by atoms with E-state index >= 15 is 0 Å². The van der Waals surface area contributed by atoms with E-state index < -0.39 is 11.9 Å². The number of amides is 1. The molecule has 5 nitrogen and oxygen atoms in total. The van der Waals surface area contributed by atoms with Crippen LogP contribution in [0, 0.1) is 5.92 Å². The van der Waals surface area contributed by atoms with Crippen molar-refractivity contribution in [3.05, 3.63) is 29.8 Å². The van der Waals surface area contributed by atoms with Gasteiger partial charge in [0.05, 0.1) is 5.92 Å². The van der Waals surface area contributed by atoms with Gasteiger partial charge in [-0.1, -0.05) is 12.1 Å². The van der Waals surface area contributed by atoms with Crippen LogP contribution in [0.4, 0.5) is 5.69 Å². The van der Waals surface area contributed by atoms with Crippen LogP contribution >= 0.6 is 0 Å². The van der Waals surface area contributed by atoms with Gasteiger partial charge in [0, 0.05) is 25.3 Å². The second-order valence-corrected chi connectivity index (χ2v) is 6.18. The van der Waals surface area contributed by atoms with Crippen LogP contribution in [0.1, 0.15) is 50.5 Å². The normalized spacial score (nSPS) is 16.7. The van der Waals surface area contributed by atoms with Gasteiger partial charge in [-0.3, -0.25) is 9.59 Å². The molecule has 1 aromatic carbocycles. The van der Waals surface area contributed by atoms with Gasteiger partial charge in [-0.05, 0) is 56.2 Å². The second kappa shape index (κ2) is 8.67. The van der Waals surface area contributed by atoms with E-state index in [0.29, 0.717) is 23.6 Å². The minimum atomic E-state index is -0.870. The number of carbonyl (C=O) groups excluding carboxylic acids is 1. The first-order valence-electron chi connectivity index (χ1n) is 8.26. The van der Waals surface area contributed by atoms with Crippen molar-refractivity contribution in [2.75, 3.05) is 18.5 Å². The van der Waals surface area contributed by atoms with Crippen LogP contribution in [-0.4, -0.2) is 30.2 Å². The molecule has 1 fully saturated rings. The van der Waals surface area contributed by atoms with Gasteiger partial charge in [0.15, 0.2) is 0 Å². The third-order valence-corrected chi connectivity index (χ3v) is 4.40. The molecular weight excluding hydrogens is 294 g/mol. The molecule has 1 amide bonds. The molecule has 126 valence electrons. The summed E-state index contributed by atoms with van der Waals surface area (Å²) in [6.45, 7) is 3.31. The van der Waals surface area contributed by atoms with Crippen molar-refractivity contribution >= 4 is 17.6 Å². The summed E-state index contributed by atoms with van der Waals surface area (Å²) >= 11 is 0. The molecular formula is C18H25NO4. The van der Waals surface area contributed by atoms with Crippen LogP contribution in [0.3, 0.4) is 0 Å². The summed E-state index contributed by atoms with van der Waals surface area (Å²) in [7, 11) is 0. The summed E-state index contributed by atoms with van der Waals surface area (Å²) in [5.41, 5.74) is 1.35. The number of nitrogens with one attached hydrogen (secondary N) is 1. The molecule has 2 N–H and O–H groups in total. The van der Waals surface area contributed by atoms with Gasteiger partial charge in [0.25, 0.3) is 0 Å². The highest BCUT2D eigenvalue weighted by atomic mass is 16.5. The molecule has 1 atom stereocenters. The summed E-state index contributed by atoms with van der Waals surface area (Å²) in [6, 6.07) is 7.05. The molecule has 0 radical (unpaired) electrons. The van der Waals surface area contributed by atoms with Gasteiger partial charge in [0.1, 0.15) is 0 Å². The SMILES string of the molecule is CC(C(=O)O)c1cccc(NC(=O)CCCC2CCOCC2)c1. The van der Waals surface area contributed by atoms with E-state index in [9.17, 15) is 9.59 Å².